The first-order valence-electron chi connectivity index (χ1n) is 3.50. The smallest absolute Gasteiger partial charge is 0.151 e. The summed E-state index contributed by atoms with van der Waals surface area (Å²) in [6, 6.07) is 1.63. The van der Waals surface area contributed by atoms with Crippen LogP contribution >= 0.6 is 11.6 Å². The molecule has 0 radical (unpaired) electrons. The molecule has 0 bridgehead atoms. The van der Waals surface area contributed by atoms with Gasteiger partial charge in [0.1, 0.15) is 0 Å². The van der Waals surface area contributed by atoms with Crippen molar-refractivity contribution in [3.8, 4) is 0 Å². The maximum absolute atomic E-state index is 9.48. The molecule has 1 aromatic rings. The van der Waals surface area contributed by atoms with Gasteiger partial charge in [0.05, 0.1) is 11.8 Å². The lowest BCUT2D eigenvalue weighted by Gasteiger charge is -2.10. The topological polar surface area (TPSA) is 48.9 Å². The van der Waals surface area contributed by atoms with E-state index in [1.54, 1.807) is 6.07 Å². The number of rotatable bonds is 2. The fourth-order valence-electron chi connectivity index (χ4n) is 0.821. The van der Waals surface area contributed by atoms with Crippen LogP contribution in [0.5, 0.6) is 0 Å². The van der Waals surface area contributed by atoms with E-state index < -0.39 is 6.10 Å². The van der Waals surface area contributed by atoms with Gasteiger partial charge < -0.3 is 5.11 Å². The summed E-state index contributed by atoms with van der Waals surface area (Å²) in [4.78, 5) is 0. The molecule has 2 N–H and O–H groups in total. The first kappa shape index (κ1) is 8.56. The molecule has 1 aromatic heterocycles. The lowest BCUT2D eigenvalue weighted by Crippen LogP contribution is -2.05. The van der Waals surface area contributed by atoms with E-state index in [1.165, 1.54) is 0 Å². The molecule has 0 amide bonds. The van der Waals surface area contributed by atoms with E-state index in [4.69, 9.17) is 11.6 Å². The highest BCUT2D eigenvalue weighted by molar-refractivity contribution is 6.29. The molecule has 1 rings (SSSR count). The van der Waals surface area contributed by atoms with E-state index in [0.29, 0.717) is 10.8 Å². The molecule has 11 heavy (non-hydrogen) atoms. The molecule has 1 atom stereocenters. The van der Waals surface area contributed by atoms with E-state index in [2.05, 4.69) is 10.2 Å². The molecular weight excluding hydrogens is 164 g/mol. The maximum Gasteiger partial charge on any atom is 0.151 e. The van der Waals surface area contributed by atoms with Crippen molar-refractivity contribution in [3.05, 3.63) is 16.9 Å². The lowest BCUT2D eigenvalue weighted by molar-refractivity contribution is 0.122. The van der Waals surface area contributed by atoms with Gasteiger partial charge in [0.25, 0.3) is 0 Å². The maximum atomic E-state index is 9.48. The average molecular weight is 175 g/mol. The molecule has 0 aromatic carbocycles. The Morgan fingerprint density at radius 2 is 2.27 bits per heavy atom. The van der Waals surface area contributed by atoms with Crippen LogP contribution in [0.15, 0.2) is 6.07 Å². The number of aromatic amines is 1. The molecular formula is C7H11ClN2O. The summed E-state index contributed by atoms with van der Waals surface area (Å²) in [5.74, 6) is 0.173. The second kappa shape index (κ2) is 3.24. The second-order valence-electron chi connectivity index (χ2n) is 2.83. The van der Waals surface area contributed by atoms with Crippen molar-refractivity contribution in [1.82, 2.24) is 10.2 Å². The molecule has 0 aliphatic rings. The van der Waals surface area contributed by atoms with E-state index in [1.807, 2.05) is 13.8 Å². The zero-order chi connectivity index (χ0) is 8.43. The first-order chi connectivity index (χ1) is 5.11. The number of halogens is 1. The Balaban J connectivity index is 2.76. The Labute approximate surface area is 70.4 Å². The third-order valence-corrected chi connectivity index (χ3v) is 1.71. The van der Waals surface area contributed by atoms with Crippen molar-refractivity contribution < 1.29 is 5.11 Å². The van der Waals surface area contributed by atoms with Gasteiger partial charge in [-0.15, -0.1) is 0 Å². The quantitative estimate of drug-likeness (QED) is 0.718. The van der Waals surface area contributed by atoms with Gasteiger partial charge in [0.2, 0.25) is 0 Å². The van der Waals surface area contributed by atoms with E-state index >= 15 is 0 Å². The minimum atomic E-state index is -0.505. The zero-order valence-corrected chi connectivity index (χ0v) is 7.26. The highest BCUT2D eigenvalue weighted by atomic mass is 35.5. The molecule has 1 heterocycles. The van der Waals surface area contributed by atoms with Crippen LogP contribution < -0.4 is 0 Å². The minimum Gasteiger partial charge on any atom is -0.387 e. The van der Waals surface area contributed by atoms with Crippen molar-refractivity contribution in [2.75, 3.05) is 0 Å². The second-order valence-corrected chi connectivity index (χ2v) is 3.22. The van der Waals surface area contributed by atoms with Crippen LogP contribution in [0.25, 0.3) is 0 Å². The first-order valence-corrected chi connectivity index (χ1v) is 3.88. The van der Waals surface area contributed by atoms with Crippen molar-refractivity contribution >= 4 is 11.6 Å². The summed E-state index contributed by atoms with van der Waals surface area (Å²) in [6.07, 6.45) is -0.505. The summed E-state index contributed by atoms with van der Waals surface area (Å²) in [7, 11) is 0. The average Bonchev–Trinajstić information content (AvgIpc) is 2.34. The van der Waals surface area contributed by atoms with Gasteiger partial charge in [-0.25, -0.2) is 0 Å². The van der Waals surface area contributed by atoms with Crippen LogP contribution in [0.2, 0.25) is 5.15 Å². The van der Waals surface area contributed by atoms with Crippen molar-refractivity contribution in [1.29, 1.82) is 0 Å². The third kappa shape index (κ3) is 1.94. The molecule has 0 saturated heterocycles. The fraction of sp³-hybridized carbons (Fsp3) is 0.571. The van der Waals surface area contributed by atoms with Crippen LogP contribution in [0.4, 0.5) is 0 Å². The summed E-state index contributed by atoms with van der Waals surface area (Å²) < 4.78 is 0. The summed E-state index contributed by atoms with van der Waals surface area (Å²) in [5, 5.41) is 16.2. The molecule has 0 saturated carbocycles. The number of hydrogen-bond donors (Lipinski definition) is 2. The SMILES string of the molecule is CC(C)C(O)c1cc(Cl)n[nH]1. The van der Waals surface area contributed by atoms with Gasteiger partial charge in [0.15, 0.2) is 5.15 Å². The minimum absolute atomic E-state index is 0.173. The number of H-pyrrole nitrogens is 1. The highest BCUT2D eigenvalue weighted by Gasteiger charge is 2.13. The monoisotopic (exact) mass is 174 g/mol. The van der Waals surface area contributed by atoms with Gasteiger partial charge in [-0.3, -0.25) is 5.10 Å². The van der Waals surface area contributed by atoms with Crippen LogP contribution in [0.1, 0.15) is 25.6 Å². The van der Waals surface area contributed by atoms with Crippen molar-refractivity contribution in [2.24, 2.45) is 5.92 Å². The summed E-state index contributed by atoms with van der Waals surface area (Å²) in [6.45, 7) is 3.86. The van der Waals surface area contributed by atoms with Crippen molar-refractivity contribution in [3.63, 3.8) is 0 Å². The van der Waals surface area contributed by atoms with Gasteiger partial charge >= 0.3 is 0 Å². The largest absolute Gasteiger partial charge is 0.387 e. The Bertz CT molecular complexity index is 234. The summed E-state index contributed by atoms with van der Waals surface area (Å²) >= 11 is 5.56. The molecule has 0 aliphatic heterocycles. The number of hydrogen-bond acceptors (Lipinski definition) is 2. The normalized spacial score (nSPS) is 13.9. The van der Waals surface area contributed by atoms with Crippen LogP contribution in [0.3, 0.4) is 0 Å². The zero-order valence-electron chi connectivity index (χ0n) is 6.50. The predicted molar refractivity (Wildman–Crippen MR) is 43.4 cm³/mol. The highest BCUT2D eigenvalue weighted by Crippen LogP contribution is 2.20. The Morgan fingerprint density at radius 1 is 1.64 bits per heavy atom. The standard InChI is InChI=1S/C7H11ClN2O/c1-4(2)7(11)5-3-6(8)10-9-5/h3-4,7,11H,1-2H3,(H,9,10). The van der Waals surface area contributed by atoms with Gasteiger partial charge in [-0.05, 0) is 5.92 Å². The summed E-state index contributed by atoms with van der Waals surface area (Å²) in [5.41, 5.74) is 0.671. The molecule has 0 spiro atoms. The van der Waals surface area contributed by atoms with Crippen LogP contribution in [-0.4, -0.2) is 15.3 Å². The van der Waals surface area contributed by atoms with Gasteiger partial charge in [-0.1, -0.05) is 25.4 Å². The van der Waals surface area contributed by atoms with Crippen molar-refractivity contribution in [2.45, 2.75) is 20.0 Å². The van der Waals surface area contributed by atoms with E-state index in [-0.39, 0.29) is 5.92 Å². The van der Waals surface area contributed by atoms with Crippen LogP contribution in [-0.2, 0) is 0 Å². The molecule has 0 aliphatic carbocycles. The Kier molecular flexibility index (Phi) is 2.52. The number of nitrogens with zero attached hydrogens (tertiary/aromatic N) is 1. The Morgan fingerprint density at radius 3 is 2.64 bits per heavy atom. The van der Waals surface area contributed by atoms with Gasteiger partial charge in [-0.2, -0.15) is 5.10 Å². The molecule has 0 fully saturated rings. The molecule has 62 valence electrons. The Hall–Kier alpha value is -0.540. The van der Waals surface area contributed by atoms with Gasteiger partial charge in [0, 0.05) is 6.07 Å². The lowest BCUT2D eigenvalue weighted by atomic mass is 10.1. The number of aromatic nitrogens is 2. The van der Waals surface area contributed by atoms with Crippen LogP contribution in [0, 0.1) is 5.92 Å². The number of aliphatic hydroxyl groups excluding tert-OH is 1. The molecule has 1 unspecified atom stereocenters. The third-order valence-electron chi connectivity index (χ3n) is 1.52. The molecule has 3 nitrogen and oxygen atoms in total. The van der Waals surface area contributed by atoms with E-state index in [0.717, 1.165) is 0 Å². The molecule has 4 heteroatoms. The fourth-order valence-corrected chi connectivity index (χ4v) is 0.981. The number of aliphatic hydroxyl groups is 1. The number of nitrogens with one attached hydrogen (secondary N) is 1. The predicted octanol–water partition coefficient (Wildman–Crippen LogP) is 1.75. The van der Waals surface area contributed by atoms with E-state index in [9.17, 15) is 5.11 Å².